The lowest BCUT2D eigenvalue weighted by molar-refractivity contribution is -0.135. The summed E-state index contributed by atoms with van der Waals surface area (Å²) in [5, 5.41) is 9.96. The van der Waals surface area contributed by atoms with Gasteiger partial charge in [0.15, 0.2) is 0 Å². The molecule has 1 aromatic rings. The number of nitrogens with one attached hydrogen (secondary N) is 1. The van der Waals surface area contributed by atoms with E-state index in [4.69, 9.17) is 5.11 Å². The molecule has 5 heteroatoms. The number of carboxylic acids is 1. The number of hydrogen-bond acceptors (Lipinski definition) is 3. The molecule has 0 atom stereocenters. The number of alkyl carbamates (subject to hydrolysis) is 1. The van der Waals surface area contributed by atoms with E-state index in [1.54, 1.807) is 0 Å². The zero-order valence-corrected chi connectivity index (χ0v) is 8.34. The summed E-state index contributed by atoms with van der Waals surface area (Å²) in [6.45, 7) is -0.410. The van der Waals surface area contributed by atoms with Gasteiger partial charge in [-0.3, -0.25) is 4.79 Å². The molecule has 1 aromatic carbocycles. The number of ether oxygens (including phenoxy) is 1. The third-order valence-corrected chi connectivity index (χ3v) is 1.24. The standard InChI is InChI=1S/C6H6.C4H7NO4/c1-2-4-6-5-3-1;1-9-4(8)5-2-3(6)7/h1-6H;2H2,1H3,(H,5,8)(H,6,7). The van der Waals surface area contributed by atoms with Gasteiger partial charge in [0.25, 0.3) is 0 Å². The van der Waals surface area contributed by atoms with E-state index in [0.717, 1.165) is 7.11 Å². The van der Waals surface area contributed by atoms with Crippen molar-refractivity contribution in [1.82, 2.24) is 5.32 Å². The predicted octanol–water partition coefficient (Wildman–Crippen LogP) is 1.11. The molecule has 0 heterocycles. The Hall–Kier alpha value is -2.04. The Morgan fingerprint density at radius 2 is 1.53 bits per heavy atom. The summed E-state index contributed by atoms with van der Waals surface area (Å²) in [6, 6.07) is 12.0. The number of methoxy groups -OCH3 is 1. The van der Waals surface area contributed by atoms with Gasteiger partial charge in [0.2, 0.25) is 0 Å². The van der Waals surface area contributed by atoms with Gasteiger partial charge in [-0.1, -0.05) is 36.4 Å². The first-order chi connectivity index (χ1) is 7.16. The molecule has 0 unspecified atom stereocenters. The predicted molar refractivity (Wildman–Crippen MR) is 54.5 cm³/mol. The zero-order chi connectivity index (χ0) is 11.5. The number of benzene rings is 1. The number of rotatable bonds is 2. The summed E-state index contributed by atoms with van der Waals surface area (Å²) in [5.74, 6) is -1.10. The summed E-state index contributed by atoms with van der Waals surface area (Å²) >= 11 is 0. The Bertz CT molecular complexity index is 260. The average molecular weight is 211 g/mol. The van der Waals surface area contributed by atoms with Crippen LogP contribution in [0.3, 0.4) is 0 Å². The van der Waals surface area contributed by atoms with Crippen LogP contribution in [-0.4, -0.2) is 30.8 Å². The zero-order valence-electron chi connectivity index (χ0n) is 8.34. The molecule has 0 aliphatic carbocycles. The Morgan fingerprint density at radius 3 is 1.80 bits per heavy atom. The smallest absolute Gasteiger partial charge is 0.407 e. The largest absolute Gasteiger partial charge is 0.480 e. The highest BCUT2D eigenvalue weighted by molar-refractivity contribution is 5.76. The molecule has 0 fully saturated rings. The fourth-order valence-electron chi connectivity index (χ4n) is 0.605. The Balaban J connectivity index is 0.000000280. The number of hydrogen-bond donors (Lipinski definition) is 2. The molecular formula is C10H13NO4. The van der Waals surface area contributed by atoms with Gasteiger partial charge in [-0.25, -0.2) is 4.79 Å². The SMILES string of the molecule is COC(=O)NCC(=O)O.c1ccccc1. The minimum atomic E-state index is -1.10. The molecule has 0 aliphatic heterocycles. The lowest BCUT2D eigenvalue weighted by atomic mass is 10.4. The van der Waals surface area contributed by atoms with Gasteiger partial charge in [0.05, 0.1) is 7.11 Å². The monoisotopic (exact) mass is 211 g/mol. The van der Waals surface area contributed by atoms with Crippen molar-refractivity contribution in [1.29, 1.82) is 0 Å². The maximum Gasteiger partial charge on any atom is 0.407 e. The lowest BCUT2D eigenvalue weighted by Crippen LogP contribution is -2.28. The van der Waals surface area contributed by atoms with Crippen molar-refractivity contribution in [2.45, 2.75) is 0 Å². The van der Waals surface area contributed by atoms with E-state index in [2.05, 4.69) is 4.74 Å². The molecule has 82 valence electrons. The van der Waals surface area contributed by atoms with E-state index in [1.165, 1.54) is 0 Å². The minimum absolute atomic E-state index is 0.410. The fraction of sp³-hybridized carbons (Fsp3) is 0.200. The van der Waals surface area contributed by atoms with Crippen molar-refractivity contribution in [3.05, 3.63) is 36.4 Å². The maximum atomic E-state index is 10.1. The third kappa shape index (κ3) is 9.88. The molecule has 0 aliphatic rings. The highest BCUT2D eigenvalue weighted by Crippen LogP contribution is 1.79. The van der Waals surface area contributed by atoms with Crippen molar-refractivity contribution in [3.8, 4) is 0 Å². The number of carbonyl (C=O) groups is 2. The summed E-state index contributed by atoms with van der Waals surface area (Å²) in [6.07, 6.45) is -0.739. The third-order valence-electron chi connectivity index (χ3n) is 1.24. The summed E-state index contributed by atoms with van der Waals surface area (Å²) in [7, 11) is 1.16. The van der Waals surface area contributed by atoms with Crippen molar-refractivity contribution >= 4 is 12.1 Å². The molecule has 0 aromatic heterocycles. The number of carbonyl (C=O) groups excluding carboxylic acids is 1. The molecule has 0 saturated carbocycles. The van der Waals surface area contributed by atoms with Crippen molar-refractivity contribution in [2.75, 3.05) is 13.7 Å². The van der Waals surface area contributed by atoms with E-state index < -0.39 is 18.6 Å². The van der Waals surface area contributed by atoms with Crippen LogP contribution in [0.15, 0.2) is 36.4 Å². The van der Waals surface area contributed by atoms with Crippen LogP contribution in [0.2, 0.25) is 0 Å². The average Bonchev–Trinajstić information content (AvgIpc) is 2.29. The maximum absolute atomic E-state index is 10.1. The summed E-state index contributed by atoms with van der Waals surface area (Å²) in [4.78, 5) is 19.9. The topological polar surface area (TPSA) is 75.6 Å². The summed E-state index contributed by atoms with van der Waals surface area (Å²) < 4.78 is 4.09. The van der Waals surface area contributed by atoms with Gasteiger partial charge >= 0.3 is 12.1 Å². The number of aliphatic carboxylic acids is 1. The van der Waals surface area contributed by atoms with Crippen LogP contribution in [0.25, 0.3) is 0 Å². The highest BCUT2D eigenvalue weighted by Gasteiger charge is 1.99. The molecule has 1 rings (SSSR count). The molecule has 15 heavy (non-hydrogen) atoms. The number of carboxylic acid groups (broad SMARTS) is 1. The van der Waals surface area contributed by atoms with E-state index in [1.807, 2.05) is 41.7 Å². The van der Waals surface area contributed by atoms with E-state index >= 15 is 0 Å². The molecule has 5 nitrogen and oxygen atoms in total. The molecule has 0 saturated heterocycles. The van der Waals surface area contributed by atoms with Crippen molar-refractivity contribution in [3.63, 3.8) is 0 Å². The molecular weight excluding hydrogens is 198 g/mol. The Morgan fingerprint density at radius 1 is 1.13 bits per heavy atom. The van der Waals surface area contributed by atoms with Crippen LogP contribution in [0.1, 0.15) is 0 Å². The van der Waals surface area contributed by atoms with Gasteiger partial charge in [0, 0.05) is 0 Å². The Kier molecular flexibility index (Phi) is 7.39. The van der Waals surface area contributed by atoms with Crippen LogP contribution in [0, 0.1) is 0 Å². The fourth-order valence-corrected chi connectivity index (χ4v) is 0.605. The van der Waals surface area contributed by atoms with E-state index in [-0.39, 0.29) is 0 Å². The van der Waals surface area contributed by atoms with Crippen LogP contribution < -0.4 is 5.32 Å². The van der Waals surface area contributed by atoms with Crippen LogP contribution >= 0.6 is 0 Å². The van der Waals surface area contributed by atoms with Gasteiger partial charge in [0.1, 0.15) is 6.54 Å². The molecule has 2 N–H and O–H groups in total. The van der Waals surface area contributed by atoms with Gasteiger partial charge < -0.3 is 15.2 Å². The Labute approximate surface area is 87.7 Å². The van der Waals surface area contributed by atoms with Crippen LogP contribution in [0.4, 0.5) is 4.79 Å². The van der Waals surface area contributed by atoms with Crippen molar-refractivity contribution in [2.24, 2.45) is 0 Å². The van der Waals surface area contributed by atoms with Gasteiger partial charge in [-0.05, 0) is 0 Å². The second-order valence-electron chi connectivity index (χ2n) is 2.39. The molecule has 0 radical (unpaired) electrons. The molecule has 0 bridgehead atoms. The minimum Gasteiger partial charge on any atom is -0.480 e. The van der Waals surface area contributed by atoms with Crippen LogP contribution in [-0.2, 0) is 9.53 Å². The second-order valence-corrected chi connectivity index (χ2v) is 2.39. The molecule has 1 amide bonds. The van der Waals surface area contributed by atoms with Crippen LogP contribution in [0.5, 0.6) is 0 Å². The first kappa shape index (κ1) is 13.0. The normalized spacial score (nSPS) is 8.07. The van der Waals surface area contributed by atoms with E-state index in [0.29, 0.717) is 0 Å². The van der Waals surface area contributed by atoms with Gasteiger partial charge in [-0.15, -0.1) is 0 Å². The second kappa shape index (κ2) is 8.55. The first-order valence-electron chi connectivity index (χ1n) is 4.20. The first-order valence-corrected chi connectivity index (χ1v) is 4.20. The molecule has 0 spiro atoms. The lowest BCUT2D eigenvalue weighted by Gasteiger charge is -1.96. The summed E-state index contributed by atoms with van der Waals surface area (Å²) in [5.41, 5.74) is 0. The van der Waals surface area contributed by atoms with Crippen molar-refractivity contribution < 1.29 is 19.4 Å². The van der Waals surface area contributed by atoms with E-state index in [9.17, 15) is 9.59 Å². The van der Waals surface area contributed by atoms with Gasteiger partial charge in [-0.2, -0.15) is 0 Å². The highest BCUT2D eigenvalue weighted by atomic mass is 16.5. The number of amides is 1. The quantitative estimate of drug-likeness (QED) is 0.768.